The van der Waals surface area contributed by atoms with Gasteiger partial charge in [0.05, 0.1) is 4.88 Å². The molecule has 1 nitrogen and oxygen atoms in total. The summed E-state index contributed by atoms with van der Waals surface area (Å²) in [5.74, 6) is 6.48. The van der Waals surface area contributed by atoms with Crippen LogP contribution in [0.3, 0.4) is 0 Å². The molecule has 0 amide bonds. The van der Waals surface area contributed by atoms with Gasteiger partial charge in [-0.25, -0.2) is 0 Å². The number of thiophene rings is 1. The predicted molar refractivity (Wildman–Crippen MR) is 116 cm³/mol. The zero-order chi connectivity index (χ0) is 18.3. The van der Waals surface area contributed by atoms with Crippen molar-refractivity contribution < 1.29 is 0 Å². The maximum absolute atomic E-state index is 3.56. The van der Waals surface area contributed by atoms with E-state index < -0.39 is 0 Å². The van der Waals surface area contributed by atoms with Gasteiger partial charge in [0, 0.05) is 17.0 Å². The summed E-state index contributed by atoms with van der Waals surface area (Å²) in [5, 5.41) is 6.24. The molecule has 0 aliphatic heterocycles. The summed E-state index contributed by atoms with van der Waals surface area (Å²) in [5.41, 5.74) is 2.46. The molecule has 0 atom stereocenters. The Labute approximate surface area is 164 Å². The van der Waals surface area contributed by atoms with Gasteiger partial charge in [0.2, 0.25) is 0 Å². The van der Waals surface area contributed by atoms with Crippen LogP contribution in [-0.4, -0.2) is 6.54 Å². The Morgan fingerprint density at radius 3 is 2.48 bits per heavy atom. The average molecular weight is 368 g/mol. The lowest BCUT2D eigenvalue weighted by atomic mass is 10.0. The zero-order valence-corrected chi connectivity index (χ0v) is 15.9. The van der Waals surface area contributed by atoms with Crippen LogP contribution in [0.4, 0.5) is 0 Å². The maximum Gasteiger partial charge on any atom is 0.0775 e. The van der Waals surface area contributed by atoms with Crippen molar-refractivity contribution in [2.75, 3.05) is 6.54 Å². The highest BCUT2D eigenvalue weighted by Gasteiger charge is 2.01. The molecule has 0 unspecified atom stereocenters. The highest BCUT2D eigenvalue weighted by atomic mass is 32.1. The summed E-state index contributed by atoms with van der Waals surface area (Å²) < 4.78 is 0. The van der Waals surface area contributed by atoms with Crippen molar-refractivity contribution in [1.82, 2.24) is 5.32 Å². The predicted octanol–water partition coefficient (Wildman–Crippen LogP) is 5.63. The van der Waals surface area contributed by atoms with Crippen molar-refractivity contribution in [1.29, 1.82) is 0 Å². The van der Waals surface area contributed by atoms with Crippen molar-refractivity contribution in [3.63, 3.8) is 0 Å². The standard InChI is InChI=1S/C25H21NS/c1-2-7-20(8-3-1)13-14-23-15-16-24(27-23)19-26-18-17-22-11-6-10-21-9-4-5-12-25(21)22/h1-12,15-16,26H,17-19H2. The van der Waals surface area contributed by atoms with Crippen LogP contribution in [0, 0.1) is 11.8 Å². The van der Waals surface area contributed by atoms with Gasteiger partial charge >= 0.3 is 0 Å². The van der Waals surface area contributed by atoms with Crippen LogP contribution in [0.25, 0.3) is 10.8 Å². The van der Waals surface area contributed by atoms with E-state index in [1.165, 1.54) is 21.2 Å². The molecule has 0 aliphatic rings. The van der Waals surface area contributed by atoms with Crippen LogP contribution >= 0.6 is 11.3 Å². The molecule has 2 heteroatoms. The Bertz CT molecular complexity index is 1080. The number of fused-ring (bicyclic) bond motifs is 1. The lowest BCUT2D eigenvalue weighted by molar-refractivity contribution is 0.695. The number of benzene rings is 3. The molecule has 0 fully saturated rings. The largest absolute Gasteiger partial charge is 0.312 e. The van der Waals surface area contributed by atoms with E-state index in [0.29, 0.717) is 0 Å². The Balaban J connectivity index is 1.31. The molecular formula is C25H21NS. The van der Waals surface area contributed by atoms with E-state index >= 15 is 0 Å². The molecule has 1 N–H and O–H groups in total. The number of rotatable bonds is 5. The number of hydrogen-bond acceptors (Lipinski definition) is 2. The molecule has 27 heavy (non-hydrogen) atoms. The molecule has 0 aliphatic carbocycles. The van der Waals surface area contributed by atoms with Crippen LogP contribution < -0.4 is 5.32 Å². The van der Waals surface area contributed by atoms with Crippen molar-refractivity contribution >= 4 is 22.1 Å². The van der Waals surface area contributed by atoms with E-state index in [1.807, 2.05) is 30.3 Å². The Morgan fingerprint density at radius 2 is 1.56 bits per heavy atom. The molecule has 3 aromatic carbocycles. The number of nitrogens with one attached hydrogen (secondary N) is 1. The molecule has 4 aromatic rings. The van der Waals surface area contributed by atoms with E-state index in [9.17, 15) is 0 Å². The second-order valence-corrected chi connectivity index (χ2v) is 7.62. The van der Waals surface area contributed by atoms with Crippen LogP contribution in [0.1, 0.15) is 20.9 Å². The topological polar surface area (TPSA) is 12.0 Å². The minimum Gasteiger partial charge on any atom is -0.312 e. The average Bonchev–Trinajstić information content (AvgIpc) is 3.18. The first-order valence-corrected chi connectivity index (χ1v) is 10.0. The molecular weight excluding hydrogens is 346 g/mol. The molecule has 0 bridgehead atoms. The van der Waals surface area contributed by atoms with Crippen LogP contribution in [0.15, 0.2) is 84.9 Å². The number of hydrogen-bond donors (Lipinski definition) is 1. The fourth-order valence-electron chi connectivity index (χ4n) is 3.14. The molecule has 132 valence electrons. The quantitative estimate of drug-likeness (QED) is 0.356. The van der Waals surface area contributed by atoms with Gasteiger partial charge < -0.3 is 5.32 Å². The summed E-state index contributed by atoms with van der Waals surface area (Å²) in [6, 6.07) is 29.6. The highest BCUT2D eigenvalue weighted by Crippen LogP contribution is 2.19. The minimum absolute atomic E-state index is 0.891. The monoisotopic (exact) mass is 367 g/mol. The molecule has 0 radical (unpaired) electrons. The third-order valence-electron chi connectivity index (χ3n) is 4.52. The molecule has 0 saturated carbocycles. The lowest BCUT2D eigenvalue weighted by Gasteiger charge is -2.07. The third-order valence-corrected chi connectivity index (χ3v) is 5.52. The molecule has 1 aromatic heterocycles. The minimum atomic E-state index is 0.891. The first kappa shape index (κ1) is 17.5. The van der Waals surface area contributed by atoms with Gasteiger partial charge in [-0.05, 0) is 53.6 Å². The fourth-order valence-corrected chi connectivity index (χ4v) is 3.97. The fraction of sp³-hybridized carbons (Fsp3) is 0.120. The van der Waals surface area contributed by atoms with Gasteiger partial charge in [-0.2, -0.15) is 0 Å². The van der Waals surface area contributed by atoms with Crippen molar-refractivity contribution in [3.05, 3.63) is 106 Å². The molecule has 4 rings (SSSR count). The maximum atomic E-state index is 3.56. The van der Waals surface area contributed by atoms with Gasteiger partial charge in [-0.1, -0.05) is 72.5 Å². The molecule has 0 saturated heterocycles. The normalized spacial score (nSPS) is 10.5. The molecule has 1 heterocycles. The van der Waals surface area contributed by atoms with E-state index in [-0.39, 0.29) is 0 Å². The van der Waals surface area contributed by atoms with E-state index in [4.69, 9.17) is 0 Å². The summed E-state index contributed by atoms with van der Waals surface area (Å²) in [6.45, 7) is 1.86. The van der Waals surface area contributed by atoms with Crippen LogP contribution in [0.5, 0.6) is 0 Å². The third kappa shape index (κ3) is 4.65. The Kier molecular flexibility index (Phi) is 5.64. The summed E-state index contributed by atoms with van der Waals surface area (Å²) in [6.07, 6.45) is 1.04. The van der Waals surface area contributed by atoms with Gasteiger partial charge in [-0.3, -0.25) is 0 Å². The first-order chi connectivity index (χ1) is 13.4. The van der Waals surface area contributed by atoms with E-state index in [0.717, 1.165) is 30.0 Å². The second-order valence-electron chi connectivity index (χ2n) is 6.45. The summed E-state index contributed by atoms with van der Waals surface area (Å²) in [4.78, 5) is 2.44. The van der Waals surface area contributed by atoms with Crippen molar-refractivity contribution in [2.24, 2.45) is 0 Å². The summed E-state index contributed by atoms with van der Waals surface area (Å²) in [7, 11) is 0. The van der Waals surface area contributed by atoms with Gasteiger partial charge in [0.1, 0.15) is 0 Å². The van der Waals surface area contributed by atoms with Gasteiger partial charge in [0.15, 0.2) is 0 Å². The molecule has 0 spiro atoms. The second kappa shape index (κ2) is 8.68. The lowest BCUT2D eigenvalue weighted by Crippen LogP contribution is -2.16. The van der Waals surface area contributed by atoms with Gasteiger partial charge in [-0.15, -0.1) is 11.3 Å². The van der Waals surface area contributed by atoms with Crippen molar-refractivity contribution in [3.8, 4) is 11.8 Å². The van der Waals surface area contributed by atoms with Crippen LogP contribution in [-0.2, 0) is 13.0 Å². The first-order valence-electron chi connectivity index (χ1n) is 9.22. The van der Waals surface area contributed by atoms with Gasteiger partial charge in [0.25, 0.3) is 0 Å². The Morgan fingerprint density at radius 1 is 0.741 bits per heavy atom. The summed E-state index contributed by atoms with van der Waals surface area (Å²) >= 11 is 1.76. The Hall–Kier alpha value is -2.86. The SMILES string of the molecule is C(#Cc1ccc(CNCCc2cccc3ccccc23)s1)c1ccccc1. The smallest absolute Gasteiger partial charge is 0.0775 e. The highest BCUT2D eigenvalue weighted by molar-refractivity contribution is 7.12. The van der Waals surface area contributed by atoms with E-state index in [2.05, 4.69) is 71.8 Å². The van der Waals surface area contributed by atoms with Crippen molar-refractivity contribution in [2.45, 2.75) is 13.0 Å². The van der Waals surface area contributed by atoms with Crippen LogP contribution in [0.2, 0.25) is 0 Å². The zero-order valence-electron chi connectivity index (χ0n) is 15.1. The van der Waals surface area contributed by atoms with E-state index in [1.54, 1.807) is 11.3 Å².